The standard InChI is InChI=1S/C24H25FN2O5/c1-13(2)12-24(23(30)31)19-18(20(26-24)14-5-4-6-17(11-14)32-3)21(28)27(22(19)29)16-9-7-15(25)8-10-16/h4-11,13,18-20,26H,12H2,1-3H3,(H,30,31)/t18-,19-,20+,24+/m1/s1. The Morgan fingerprint density at radius 2 is 1.88 bits per heavy atom. The molecule has 0 saturated carbocycles. The summed E-state index contributed by atoms with van der Waals surface area (Å²) in [5.74, 6) is -4.27. The minimum atomic E-state index is -1.62. The summed E-state index contributed by atoms with van der Waals surface area (Å²) in [7, 11) is 1.52. The molecule has 2 N–H and O–H groups in total. The van der Waals surface area contributed by atoms with Crippen LogP contribution in [0.4, 0.5) is 10.1 Å². The molecule has 2 amide bonds. The number of anilines is 1. The van der Waals surface area contributed by atoms with Gasteiger partial charge in [0, 0.05) is 6.04 Å². The molecule has 2 fully saturated rings. The highest BCUT2D eigenvalue weighted by atomic mass is 19.1. The molecule has 7 nitrogen and oxygen atoms in total. The second-order valence-electron chi connectivity index (χ2n) is 8.76. The normalized spacial score (nSPS) is 27.2. The highest BCUT2D eigenvalue weighted by Gasteiger charge is 2.68. The number of methoxy groups -OCH3 is 1. The zero-order valence-electron chi connectivity index (χ0n) is 18.0. The van der Waals surface area contributed by atoms with Crippen LogP contribution < -0.4 is 15.0 Å². The average Bonchev–Trinajstić information content (AvgIpc) is 3.23. The molecule has 0 spiro atoms. The highest BCUT2D eigenvalue weighted by Crippen LogP contribution is 2.52. The van der Waals surface area contributed by atoms with Gasteiger partial charge in [0.2, 0.25) is 11.8 Å². The minimum absolute atomic E-state index is 0.0499. The SMILES string of the molecule is COc1cccc([C@@H]2N[C@](CC(C)C)(C(=O)O)[C@H]3C(=O)N(c4ccc(F)cc4)C(=O)[C@@H]23)c1. The van der Waals surface area contributed by atoms with E-state index in [2.05, 4.69) is 5.32 Å². The topological polar surface area (TPSA) is 95.9 Å². The molecule has 0 aromatic heterocycles. The maximum absolute atomic E-state index is 13.6. The van der Waals surface area contributed by atoms with Gasteiger partial charge in [-0.15, -0.1) is 0 Å². The van der Waals surface area contributed by atoms with Crippen LogP contribution in [0.15, 0.2) is 48.5 Å². The molecule has 2 aromatic rings. The Morgan fingerprint density at radius 3 is 2.47 bits per heavy atom. The molecule has 32 heavy (non-hydrogen) atoms. The Kier molecular flexibility index (Phi) is 5.50. The number of imide groups is 1. The fraction of sp³-hybridized carbons (Fsp3) is 0.375. The number of aliphatic carboxylic acids is 1. The molecule has 0 radical (unpaired) electrons. The first-order valence-corrected chi connectivity index (χ1v) is 10.5. The van der Waals surface area contributed by atoms with Gasteiger partial charge in [0.05, 0.1) is 24.6 Å². The van der Waals surface area contributed by atoms with Crippen molar-refractivity contribution < 1.29 is 28.6 Å². The van der Waals surface area contributed by atoms with Gasteiger partial charge < -0.3 is 9.84 Å². The molecule has 2 aromatic carbocycles. The summed E-state index contributed by atoms with van der Waals surface area (Å²) in [6, 6.07) is 11.4. The summed E-state index contributed by atoms with van der Waals surface area (Å²) in [6.45, 7) is 3.75. The van der Waals surface area contributed by atoms with Crippen LogP contribution in [0.25, 0.3) is 0 Å². The van der Waals surface area contributed by atoms with Crippen LogP contribution >= 0.6 is 0 Å². The predicted octanol–water partition coefficient (Wildman–Crippen LogP) is 3.15. The lowest BCUT2D eigenvalue weighted by Crippen LogP contribution is -2.56. The minimum Gasteiger partial charge on any atom is -0.497 e. The summed E-state index contributed by atoms with van der Waals surface area (Å²) in [4.78, 5) is 40.8. The first-order chi connectivity index (χ1) is 15.2. The number of carbonyl (C=O) groups excluding carboxylic acids is 2. The number of hydrogen-bond acceptors (Lipinski definition) is 5. The number of benzene rings is 2. The molecule has 8 heteroatoms. The number of halogens is 1. The van der Waals surface area contributed by atoms with Gasteiger partial charge in [-0.25, -0.2) is 9.29 Å². The van der Waals surface area contributed by atoms with Crippen molar-refractivity contribution in [3.8, 4) is 5.75 Å². The fourth-order valence-corrected chi connectivity index (χ4v) is 5.08. The summed E-state index contributed by atoms with van der Waals surface area (Å²) in [6.07, 6.45) is 0.167. The lowest BCUT2D eigenvalue weighted by molar-refractivity contribution is -0.149. The summed E-state index contributed by atoms with van der Waals surface area (Å²) >= 11 is 0. The molecule has 0 bridgehead atoms. The van der Waals surface area contributed by atoms with Gasteiger partial charge in [0.15, 0.2) is 0 Å². The monoisotopic (exact) mass is 440 g/mol. The van der Waals surface area contributed by atoms with Crippen LogP contribution in [0.5, 0.6) is 5.75 Å². The summed E-state index contributed by atoms with van der Waals surface area (Å²) < 4.78 is 18.7. The lowest BCUT2D eigenvalue weighted by Gasteiger charge is -2.32. The number of rotatable bonds is 6. The maximum Gasteiger partial charge on any atom is 0.324 e. The first kappa shape index (κ1) is 22.0. The number of carbonyl (C=O) groups is 3. The molecule has 0 unspecified atom stereocenters. The molecule has 4 atom stereocenters. The van der Waals surface area contributed by atoms with Crippen molar-refractivity contribution in [1.29, 1.82) is 0 Å². The van der Waals surface area contributed by atoms with E-state index in [-0.39, 0.29) is 18.0 Å². The number of hydrogen-bond donors (Lipinski definition) is 2. The van der Waals surface area contributed by atoms with Crippen molar-refractivity contribution in [3.63, 3.8) is 0 Å². The number of fused-ring (bicyclic) bond motifs is 1. The second kappa shape index (κ2) is 8.02. The number of ether oxygens (including phenoxy) is 1. The van der Waals surface area contributed by atoms with Crippen LogP contribution in [0.3, 0.4) is 0 Å². The first-order valence-electron chi connectivity index (χ1n) is 10.5. The largest absolute Gasteiger partial charge is 0.497 e. The van der Waals surface area contributed by atoms with E-state index in [1.807, 2.05) is 13.8 Å². The van der Waals surface area contributed by atoms with Crippen molar-refractivity contribution in [2.75, 3.05) is 12.0 Å². The Balaban J connectivity index is 1.86. The van der Waals surface area contributed by atoms with Gasteiger partial charge in [-0.1, -0.05) is 26.0 Å². The van der Waals surface area contributed by atoms with Crippen molar-refractivity contribution in [2.24, 2.45) is 17.8 Å². The van der Waals surface area contributed by atoms with Crippen LogP contribution in [0.1, 0.15) is 31.9 Å². The van der Waals surface area contributed by atoms with E-state index in [4.69, 9.17) is 4.74 Å². The average molecular weight is 440 g/mol. The fourth-order valence-electron chi connectivity index (χ4n) is 5.08. The molecule has 2 heterocycles. The van der Waals surface area contributed by atoms with Crippen molar-refractivity contribution in [3.05, 3.63) is 59.9 Å². The van der Waals surface area contributed by atoms with Gasteiger partial charge in [0.1, 0.15) is 17.1 Å². The van der Waals surface area contributed by atoms with Crippen LogP contribution in [-0.4, -0.2) is 35.5 Å². The number of carboxylic acids is 1. The molecule has 168 valence electrons. The van der Waals surface area contributed by atoms with E-state index in [1.54, 1.807) is 24.3 Å². The van der Waals surface area contributed by atoms with E-state index in [0.29, 0.717) is 11.3 Å². The molecule has 0 aliphatic carbocycles. The number of nitrogens with zero attached hydrogens (tertiary/aromatic N) is 1. The van der Waals surface area contributed by atoms with E-state index < -0.39 is 47.0 Å². The summed E-state index contributed by atoms with van der Waals surface area (Å²) in [5, 5.41) is 13.5. The Labute approximate surface area is 185 Å². The predicted molar refractivity (Wildman–Crippen MR) is 115 cm³/mol. The highest BCUT2D eigenvalue weighted by molar-refractivity contribution is 6.24. The Bertz CT molecular complexity index is 1070. The molecular formula is C24H25FN2O5. The third-order valence-corrected chi connectivity index (χ3v) is 6.30. The Morgan fingerprint density at radius 1 is 1.19 bits per heavy atom. The molecular weight excluding hydrogens is 415 g/mol. The number of nitrogens with one attached hydrogen (secondary N) is 1. The second-order valence-corrected chi connectivity index (χ2v) is 8.76. The van der Waals surface area contributed by atoms with Crippen molar-refractivity contribution in [2.45, 2.75) is 31.8 Å². The molecule has 2 aliphatic heterocycles. The van der Waals surface area contributed by atoms with Crippen LogP contribution in [0, 0.1) is 23.6 Å². The molecule has 2 aliphatic rings. The number of carboxylic acid groups (broad SMARTS) is 1. The van der Waals surface area contributed by atoms with Gasteiger partial charge in [-0.2, -0.15) is 0 Å². The van der Waals surface area contributed by atoms with E-state index in [0.717, 1.165) is 4.90 Å². The van der Waals surface area contributed by atoms with Crippen molar-refractivity contribution >= 4 is 23.5 Å². The van der Waals surface area contributed by atoms with Crippen molar-refractivity contribution in [1.82, 2.24) is 5.32 Å². The number of amides is 2. The van der Waals surface area contributed by atoms with Gasteiger partial charge in [0.25, 0.3) is 0 Å². The van der Waals surface area contributed by atoms with Crippen LogP contribution in [-0.2, 0) is 14.4 Å². The van der Waals surface area contributed by atoms with Gasteiger partial charge >= 0.3 is 5.97 Å². The molecule has 4 rings (SSSR count). The van der Waals surface area contributed by atoms with E-state index in [1.165, 1.54) is 31.4 Å². The lowest BCUT2D eigenvalue weighted by atomic mass is 9.75. The zero-order chi connectivity index (χ0) is 23.2. The Hall–Kier alpha value is -3.26. The summed E-state index contributed by atoms with van der Waals surface area (Å²) in [5.41, 5.74) is -0.731. The third-order valence-electron chi connectivity index (χ3n) is 6.30. The van der Waals surface area contributed by atoms with E-state index >= 15 is 0 Å². The smallest absolute Gasteiger partial charge is 0.324 e. The van der Waals surface area contributed by atoms with Crippen LogP contribution in [0.2, 0.25) is 0 Å². The molecule has 2 saturated heterocycles. The zero-order valence-corrected chi connectivity index (χ0v) is 18.0. The maximum atomic E-state index is 13.6. The quantitative estimate of drug-likeness (QED) is 0.670. The van der Waals surface area contributed by atoms with Gasteiger partial charge in [-0.05, 0) is 54.3 Å². The van der Waals surface area contributed by atoms with Gasteiger partial charge in [-0.3, -0.25) is 19.7 Å². The third kappa shape index (κ3) is 3.35. The van der Waals surface area contributed by atoms with E-state index in [9.17, 15) is 23.9 Å².